The molecule has 0 aliphatic carbocycles. The number of alkyl halides is 26. The van der Waals surface area contributed by atoms with Gasteiger partial charge in [-0.15, -0.1) is 0 Å². The third-order valence-corrected chi connectivity index (χ3v) is 4.44. The van der Waals surface area contributed by atoms with Crippen LogP contribution in [0.5, 0.6) is 0 Å². The number of rotatable bonds is 13. The standard InChI is InChI=1S/C15H6F26O5/c16-4(17,9(24,25)26)2-43-6(21,10(27,28)29)14(38,39)46-8(23,12(33,34)35)15(40,41)45-7(22,11(30,31)32)13(36,37)44-3(1-42)5(18,19)20/h3,42H,1-2H2. The lowest BCUT2D eigenvalue weighted by Gasteiger charge is -2.43. The predicted octanol–water partition coefficient (Wildman–Crippen LogP) is 7.64. The molecule has 31 heteroatoms. The molecule has 5 nitrogen and oxygen atoms in total. The third kappa shape index (κ3) is 8.15. The molecule has 0 saturated heterocycles. The van der Waals surface area contributed by atoms with Crippen molar-refractivity contribution in [3.8, 4) is 0 Å². The van der Waals surface area contributed by atoms with Gasteiger partial charge in [-0.1, -0.05) is 0 Å². The summed E-state index contributed by atoms with van der Waals surface area (Å²) in [5, 5.41) is 8.24. The first kappa shape index (κ1) is 44.0. The number of aliphatic hydroxyl groups excluding tert-OH is 1. The maximum absolute atomic E-state index is 14.3. The number of aliphatic hydroxyl groups is 1. The van der Waals surface area contributed by atoms with E-state index in [1.54, 1.807) is 0 Å². The highest BCUT2D eigenvalue weighted by molar-refractivity contribution is 4.98. The minimum Gasteiger partial charge on any atom is -0.393 e. The van der Waals surface area contributed by atoms with Crippen molar-refractivity contribution in [2.75, 3.05) is 13.2 Å². The van der Waals surface area contributed by atoms with Gasteiger partial charge in [0, 0.05) is 0 Å². The highest BCUT2D eigenvalue weighted by atomic mass is 19.4. The lowest BCUT2D eigenvalue weighted by molar-refractivity contribution is -0.579. The Bertz CT molecular complexity index is 1030. The van der Waals surface area contributed by atoms with E-state index in [0.29, 0.717) is 0 Å². The number of ether oxygens (including phenoxy) is 4. The molecule has 4 atom stereocenters. The van der Waals surface area contributed by atoms with Crippen LogP contribution >= 0.6 is 0 Å². The second-order valence-corrected chi connectivity index (χ2v) is 7.86. The Hall–Kier alpha value is -2.02. The Kier molecular flexibility index (Phi) is 11.6. The van der Waals surface area contributed by atoms with Gasteiger partial charge in [0.05, 0.1) is 6.61 Å². The van der Waals surface area contributed by atoms with Crippen LogP contribution in [0.25, 0.3) is 0 Å². The minimum absolute atomic E-state index is 1.14. The summed E-state index contributed by atoms with van der Waals surface area (Å²) in [4.78, 5) is 0. The van der Waals surface area contributed by atoms with E-state index < -0.39 is 92.0 Å². The molecule has 0 aromatic heterocycles. The average Bonchev–Trinajstić information content (AvgIpc) is 2.76. The van der Waals surface area contributed by atoms with Crippen LogP contribution in [0, 0.1) is 0 Å². The lowest BCUT2D eigenvalue weighted by Crippen LogP contribution is -2.71. The summed E-state index contributed by atoms with van der Waals surface area (Å²) in [5.41, 5.74) is 0. The fourth-order valence-electron chi connectivity index (χ4n) is 2.11. The summed E-state index contributed by atoms with van der Waals surface area (Å²) in [6.07, 6.45) is -68.8. The Balaban J connectivity index is 7.28. The maximum atomic E-state index is 14.3. The van der Waals surface area contributed by atoms with E-state index >= 15 is 0 Å². The molecule has 0 amide bonds. The quantitative estimate of drug-likeness (QED) is 0.196. The van der Waals surface area contributed by atoms with Crippen molar-refractivity contribution >= 4 is 0 Å². The molecule has 278 valence electrons. The summed E-state index contributed by atoms with van der Waals surface area (Å²) in [6.45, 7) is -7.43. The molecule has 0 aromatic rings. The molecule has 1 N–H and O–H groups in total. The van der Waals surface area contributed by atoms with Crippen LogP contribution in [0.3, 0.4) is 0 Å². The van der Waals surface area contributed by atoms with Gasteiger partial charge in [-0.25, -0.2) is 0 Å². The highest BCUT2D eigenvalue weighted by Gasteiger charge is 2.87. The van der Waals surface area contributed by atoms with Crippen LogP contribution in [0.4, 0.5) is 114 Å². The molecule has 0 aliphatic heterocycles. The largest absolute Gasteiger partial charge is 0.458 e. The summed E-state index contributed by atoms with van der Waals surface area (Å²) in [5.74, 6) is -32.3. The third-order valence-electron chi connectivity index (χ3n) is 4.44. The van der Waals surface area contributed by atoms with Crippen molar-refractivity contribution in [1.82, 2.24) is 0 Å². The van der Waals surface area contributed by atoms with Crippen LogP contribution < -0.4 is 0 Å². The van der Waals surface area contributed by atoms with E-state index in [1.165, 1.54) is 4.74 Å². The predicted molar refractivity (Wildman–Crippen MR) is 81.7 cm³/mol. The molecule has 0 heterocycles. The van der Waals surface area contributed by atoms with Gasteiger partial charge in [-0.05, 0) is 0 Å². The summed E-state index contributed by atoms with van der Waals surface area (Å²) < 4.78 is 348. The number of hydrogen-bond donors (Lipinski definition) is 1. The molecule has 0 radical (unpaired) electrons. The van der Waals surface area contributed by atoms with E-state index in [9.17, 15) is 114 Å². The first-order valence-corrected chi connectivity index (χ1v) is 9.78. The molecule has 46 heavy (non-hydrogen) atoms. The number of halogens is 26. The van der Waals surface area contributed by atoms with Gasteiger partial charge in [0.2, 0.25) is 0 Å². The molecule has 4 unspecified atom stereocenters. The van der Waals surface area contributed by atoms with Gasteiger partial charge in [-0.3, -0.25) is 9.47 Å². The maximum Gasteiger partial charge on any atom is 0.458 e. The summed E-state index contributed by atoms with van der Waals surface area (Å²) >= 11 is 0. The minimum atomic E-state index is -8.82. The molecule has 0 aromatic carbocycles. The molecule has 0 spiro atoms. The monoisotopic (exact) mass is 760 g/mol. The Morgan fingerprint density at radius 2 is 0.717 bits per heavy atom. The van der Waals surface area contributed by atoms with E-state index in [-0.39, 0.29) is 0 Å². The fourth-order valence-corrected chi connectivity index (χ4v) is 2.11. The van der Waals surface area contributed by atoms with Crippen LogP contribution in [0.15, 0.2) is 0 Å². The molecular formula is C15H6F26O5. The van der Waals surface area contributed by atoms with Gasteiger partial charge in [0.1, 0.15) is 6.61 Å². The van der Waals surface area contributed by atoms with Crippen LogP contribution in [0.1, 0.15) is 0 Å². The second-order valence-electron chi connectivity index (χ2n) is 7.86. The van der Waals surface area contributed by atoms with E-state index in [2.05, 4.69) is 0 Å². The molecule has 0 aliphatic rings. The zero-order valence-electron chi connectivity index (χ0n) is 19.9. The first-order chi connectivity index (χ1) is 19.5. The molecule has 0 rings (SSSR count). The summed E-state index contributed by atoms with van der Waals surface area (Å²) in [7, 11) is 0. The van der Waals surface area contributed by atoms with Crippen molar-refractivity contribution in [3.63, 3.8) is 0 Å². The average molecular weight is 760 g/mol. The Morgan fingerprint density at radius 3 is 0.978 bits per heavy atom. The SMILES string of the molecule is OCC(OC(F)(F)C(F)(OC(F)(F)C(F)(OC(F)(F)C(F)(OCC(F)(F)C(F)(F)F)C(F)(F)F)C(F)(F)F)C(F)(F)F)C(F)(F)F. The van der Waals surface area contributed by atoms with E-state index in [1.807, 2.05) is 9.47 Å². The summed E-state index contributed by atoms with van der Waals surface area (Å²) in [6, 6.07) is 0. The van der Waals surface area contributed by atoms with Crippen molar-refractivity contribution in [3.05, 3.63) is 0 Å². The van der Waals surface area contributed by atoms with E-state index in [4.69, 9.17) is 5.11 Å². The smallest absolute Gasteiger partial charge is 0.393 e. The van der Waals surface area contributed by atoms with Gasteiger partial charge in [0.15, 0.2) is 6.10 Å². The second kappa shape index (κ2) is 12.1. The van der Waals surface area contributed by atoms with Crippen LogP contribution in [-0.4, -0.2) is 97.1 Å². The van der Waals surface area contributed by atoms with Gasteiger partial charge in [-0.2, -0.15) is 114 Å². The molecule has 0 saturated carbocycles. The van der Waals surface area contributed by atoms with Crippen LogP contribution in [0.2, 0.25) is 0 Å². The molecule has 0 fully saturated rings. The fraction of sp³-hybridized carbons (Fsp3) is 1.00. The topological polar surface area (TPSA) is 57.2 Å². The van der Waals surface area contributed by atoms with Crippen LogP contribution in [-0.2, 0) is 18.9 Å². The molecule has 0 bridgehead atoms. The zero-order valence-corrected chi connectivity index (χ0v) is 19.9. The van der Waals surface area contributed by atoms with Gasteiger partial charge in [0.25, 0.3) is 0 Å². The lowest BCUT2D eigenvalue weighted by atomic mass is 10.2. The highest BCUT2D eigenvalue weighted by Crippen LogP contribution is 2.59. The van der Waals surface area contributed by atoms with Crippen molar-refractivity contribution in [1.29, 1.82) is 0 Å². The molecular weight excluding hydrogens is 754 g/mol. The van der Waals surface area contributed by atoms with E-state index in [0.717, 1.165) is 4.74 Å². The zero-order chi connectivity index (χ0) is 37.8. The van der Waals surface area contributed by atoms with Gasteiger partial charge < -0.3 is 14.6 Å². The normalized spacial score (nSPS) is 20.2. The Morgan fingerprint density at radius 1 is 0.413 bits per heavy atom. The van der Waals surface area contributed by atoms with Gasteiger partial charge >= 0.3 is 72.7 Å². The number of hydrogen-bond acceptors (Lipinski definition) is 5. The Labute approximate surface area is 231 Å². The van der Waals surface area contributed by atoms with Crippen molar-refractivity contribution in [2.24, 2.45) is 0 Å². The van der Waals surface area contributed by atoms with Crippen molar-refractivity contribution < 1.29 is 138 Å². The van der Waals surface area contributed by atoms with Crippen molar-refractivity contribution in [2.45, 2.75) is 78.8 Å². The first-order valence-electron chi connectivity index (χ1n) is 9.78.